The van der Waals surface area contributed by atoms with Gasteiger partial charge in [-0.2, -0.15) is 0 Å². The fourth-order valence-corrected chi connectivity index (χ4v) is 15.3. The molecule has 112 heavy (non-hydrogen) atoms. The van der Waals surface area contributed by atoms with Crippen molar-refractivity contribution in [3.63, 3.8) is 0 Å². The normalized spacial score (nSPS) is 25.0. The number of unbranched alkanes of at least 4 members (excludes halogenated alkanes) is 2. The van der Waals surface area contributed by atoms with Gasteiger partial charge in [0.1, 0.15) is 72.8 Å². The maximum Gasteiger partial charge on any atom is 0.246 e. The summed E-state index contributed by atoms with van der Waals surface area (Å²) in [5.41, 5.74) is 2.89. The molecule has 4 aromatic carbocycles. The Labute approximate surface area is 653 Å². The van der Waals surface area contributed by atoms with Crippen LogP contribution in [0.25, 0.3) is 10.9 Å². The number of nitrogens with one attached hydrogen (secondary N) is 9. The Balaban J connectivity index is 1.06. The summed E-state index contributed by atoms with van der Waals surface area (Å²) in [6.07, 6.45) is 3.28. The molecular weight excluding hydrogens is 1440 g/mol. The summed E-state index contributed by atoms with van der Waals surface area (Å²) in [4.78, 5) is 168. The molecule has 11 rings (SSSR count). The van der Waals surface area contributed by atoms with E-state index in [4.69, 9.17) is 14.2 Å². The maximum atomic E-state index is 16.3. The van der Waals surface area contributed by atoms with E-state index >= 15 is 33.2 Å². The Morgan fingerprint density at radius 1 is 0.714 bits per heavy atom. The second-order valence-corrected chi connectivity index (χ2v) is 31.5. The minimum Gasteiger partial charge on any atom is -0.497 e. The molecule has 606 valence electrons. The lowest BCUT2D eigenvalue weighted by atomic mass is 9.96. The number of rotatable bonds is 12. The molecule has 6 aliphatic rings. The number of carbonyl (C=O) groups excluding carboxylic acids is 11. The molecule has 5 aromatic rings. The van der Waals surface area contributed by atoms with E-state index in [9.17, 15) is 29.1 Å². The van der Waals surface area contributed by atoms with Crippen molar-refractivity contribution in [3.8, 4) is 11.5 Å². The molecule has 7 heterocycles. The predicted molar refractivity (Wildman–Crippen MR) is 415 cm³/mol. The van der Waals surface area contributed by atoms with Crippen molar-refractivity contribution in [3.05, 3.63) is 131 Å². The molecular formula is C82H112FN14O15+. The number of ether oxygens (including phenoxy) is 3. The van der Waals surface area contributed by atoms with Crippen molar-refractivity contribution in [1.29, 1.82) is 0 Å². The Morgan fingerprint density at radius 2 is 1.46 bits per heavy atom. The first-order valence-electron chi connectivity index (χ1n) is 39.4. The Hall–Kier alpha value is -10.0. The summed E-state index contributed by atoms with van der Waals surface area (Å²) in [6, 6.07) is 14.6. The van der Waals surface area contributed by atoms with E-state index in [1.165, 1.54) is 33.1 Å². The second-order valence-electron chi connectivity index (χ2n) is 31.5. The first kappa shape index (κ1) is 84.4. The van der Waals surface area contributed by atoms with Crippen molar-refractivity contribution >= 4 is 75.9 Å². The van der Waals surface area contributed by atoms with Crippen LogP contribution in [0.15, 0.2) is 97.2 Å². The number of aromatic nitrogens is 1. The molecule has 11 amide bonds. The van der Waals surface area contributed by atoms with Crippen LogP contribution in [0.3, 0.4) is 0 Å². The van der Waals surface area contributed by atoms with Crippen LogP contribution in [0.1, 0.15) is 126 Å². The molecule has 0 radical (unpaired) electrons. The Kier molecular flexibility index (Phi) is 29.7. The molecule has 30 heteroatoms. The number of hydrogen-bond donors (Lipinski definition) is 10. The van der Waals surface area contributed by atoms with Crippen molar-refractivity contribution in [2.75, 3.05) is 93.8 Å². The quantitative estimate of drug-likeness (QED) is 0.0634. The zero-order valence-corrected chi connectivity index (χ0v) is 65.5. The molecule has 29 nitrogen and oxygen atoms in total. The fraction of sp³-hybridized carbons (Fsp3) is 0.549. The lowest BCUT2D eigenvalue weighted by molar-refractivity contribution is -0.870. The van der Waals surface area contributed by atoms with Gasteiger partial charge >= 0.3 is 0 Å². The molecule has 10 N–H and O–H groups in total. The molecule has 6 aliphatic heterocycles. The molecule has 0 aliphatic carbocycles. The third-order valence-electron chi connectivity index (χ3n) is 21.7. The van der Waals surface area contributed by atoms with Gasteiger partial charge < -0.3 is 90.9 Å². The first-order chi connectivity index (χ1) is 53.6. The summed E-state index contributed by atoms with van der Waals surface area (Å²) < 4.78 is 36.5. The topological polar surface area (TPSA) is 359 Å². The maximum absolute atomic E-state index is 16.3. The van der Waals surface area contributed by atoms with Crippen molar-refractivity contribution in [2.24, 2.45) is 0 Å². The molecule has 1 unspecified atom stereocenters. The largest absolute Gasteiger partial charge is 0.497 e. The number of aliphatic hydroxyl groups is 1. The van der Waals surface area contributed by atoms with E-state index in [2.05, 4.69) is 69.0 Å². The summed E-state index contributed by atoms with van der Waals surface area (Å²) in [5, 5.41) is 37.9. The van der Waals surface area contributed by atoms with E-state index in [1.807, 2.05) is 35.8 Å². The molecule has 0 spiro atoms. The highest BCUT2D eigenvalue weighted by Gasteiger charge is 2.48. The zero-order chi connectivity index (χ0) is 80.2. The number of fused-ring (bicyclic) bond motifs is 18. The van der Waals surface area contributed by atoms with Gasteiger partial charge in [-0.05, 0) is 162 Å². The van der Waals surface area contributed by atoms with Gasteiger partial charge in [0.05, 0.1) is 59.1 Å². The highest BCUT2D eigenvalue weighted by molar-refractivity contribution is 5.99. The van der Waals surface area contributed by atoms with E-state index < -0.39 is 138 Å². The third-order valence-corrected chi connectivity index (χ3v) is 21.7. The summed E-state index contributed by atoms with van der Waals surface area (Å²) in [6.45, 7) is 6.32. The molecule has 10 atom stereocenters. The van der Waals surface area contributed by atoms with Gasteiger partial charge in [-0.15, -0.1) is 0 Å². The molecule has 12 bridgehead atoms. The van der Waals surface area contributed by atoms with Crippen LogP contribution in [0.2, 0.25) is 0 Å². The van der Waals surface area contributed by atoms with Gasteiger partial charge in [0.25, 0.3) is 0 Å². The van der Waals surface area contributed by atoms with Crippen LogP contribution in [-0.4, -0.2) is 248 Å². The van der Waals surface area contributed by atoms with Gasteiger partial charge in [0, 0.05) is 101 Å². The number of aryl methyl sites for hydroxylation is 1. The van der Waals surface area contributed by atoms with Crippen LogP contribution in [-0.2, 0) is 96.2 Å². The minimum absolute atomic E-state index is 0.0192. The number of methoxy groups -OCH3 is 1. The number of halogens is 1. The summed E-state index contributed by atoms with van der Waals surface area (Å²) in [7, 11) is 7.73. The number of hydrogen-bond acceptors (Lipinski definition) is 16. The SMILES string of the molecule is COc1ccc(C[C@@H]2NC(=O)[C@H]([C@@H](C)O)NC(=O)C3[C@@H]4CCN3C(=O)[C@@H]3Cc5cn(c6ccc(F)cc56)CCCCCN(CCOc5ccc(cc5)CCNC[C@]5(C)CCCN5C2=O)C(=O)CCC(=O)N[C@@H](C)C(=O)N[C@H](CNC(=O)CCCCC[N+](C)(C)C)C(=O)N[C@@H](Cc2cccc(c2)CNC(=O)CO4)C(=O)N3)cc1. The van der Waals surface area contributed by atoms with E-state index in [-0.39, 0.29) is 83.6 Å². The number of nitrogens with zero attached hydrogens (tertiary/aromatic N) is 5. The fourth-order valence-electron chi connectivity index (χ4n) is 15.3. The molecule has 2 saturated heterocycles. The standard InChI is InChI=1S/C82H111FN14O15/c1-52-75(103)91-66(48-86-69(99)18-10-8-13-40-97(4,5)6)77(105)88-63-44-56-16-14-17-57(42-56)47-85-71(101)50-112-68-32-38-95-74(68)79(107)92-73(53(2)98)78(106)90-64(43-55-21-24-60(110-7)25-22-55)81(109)96-37-15-33-82(96,3)51-84-34-31-54-19-26-61(27-20-54)111-41-39-93(72(102)30-29-70(100)87-52)35-11-9-12-36-94-49-58(45-65(80(95)108)89-76(63)104)62-46-59(83)23-28-67(62)94/h14,16-17,19-28,42,46,49,52-53,63-66,68,73-74,84,98H,8-13,15,18,29-41,43-45,47-48,50-51H2,1-7H3,(H7-,85,86,87,88,89,90,91,92,99,100,101,103,104,105,106,107)/p+1/t52-,53+,63-,64-,65-,66+,68-,73-,74?,82-/m0/s1. The van der Waals surface area contributed by atoms with E-state index in [0.29, 0.717) is 116 Å². The number of amides is 11. The minimum atomic E-state index is -1.79. The zero-order valence-electron chi connectivity index (χ0n) is 65.5. The number of aliphatic hydroxyl groups excluding tert-OH is 1. The summed E-state index contributed by atoms with van der Waals surface area (Å²) >= 11 is 0. The Morgan fingerprint density at radius 3 is 2.22 bits per heavy atom. The van der Waals surface area contributed by atoms with Crippen LogP contribution in [0, 0.1) is 5.82 Å². The Bertz CT molecular complexity index is 4150. The van der Waals surface area contributed by atoms with Crippen molar-refractivity contribution in [2.45, 2.75) is 197 Å². The van der Waals surface area contributed by atoms with Gasteiger partial charge in [-0.1, -0.05) is 48.5 Å². The van der Waals surface area contributed by atoms with Gasteiger partial charge in [-0.25, -0.2) is 4.39 Å². The van der Waals surface area contributed by atoms with Crippen LogP contribution in [0.5, 0.6) is 11.5 Å². The van der Waals surface area contributed by atoms with E-state index in [1.54, 1.807) is 70.6 Å². The average Bonchev–Trinajstić information content (AvgIpc) is 1.64. The lowest BCUT2D eigenvalue weighted by Crippen LogP contribution is -2.63. The summed E-state index contributed by atoms with van der Waals surface area (Å²) in [5.74, 6) is -7.55. The number of benzene rings is 4. The highest BCUT2D eigenvalue weighted by atomic mass is 19.1. The smallest absolute Gasteiger partial charge is 0.246 e. The lowest BCUT2D eigenvalue weighted by Gasteiger charge is -2.38. The third kappa shape index (κ3) is 23.5. The molecule has 2 fully saturated rings. The monoisotopic (exact) mass is 1550 g/mol. The average molecular weight is 1550 g/mol. The molecule has 1 aromatic heterocycles. The van der Waals surface area contributed by atoms with Gasteiger partial charge in [0.2, 0.25) is 65.0 Å². The van der Waals surface area contributed by atoms with Crippen LogP contribution < -0.4 is 57.3 Å². The predicted octanol–water partition coefficient (Wildman–Crippen LogP) is 2.52. The number of quaternary nitrogens is 1. The molecule has 0 saturated carbocycles. The van der Waals surface area contributed by atoms with Gasteiger partial charge in [0.15, 0.2) is 0 Å². The van der Waals surface area contributed by atoms with Crippen molar-refractivity contribution < 1.29 is 80.9 Å². The van der Waals surface area contributed by atoms with Crippen LogP contribution in [0.4, 0.5) is 4.39 Å². The van der Waals surface area contributed by atoms with Gasteiger partial charge in [-0.3, -0.25) is 52.7 Å². The highest BCUT2D eigenvalue weighted by Crippen LogP contribution is 2.32. The second kappa shape index (κ2) is 39.4. The van der Waals surface area contributed by atoms with Crippen LogP contribution >= 0.6 is 0 Å². The first-order valence-corrected chi connectivity index (χ1v) is 39.4. The van der Waals surface area contributed by atoms with Crippen molar-refractivity contribution in [1.82, 2.24) is 67.1 Å². The number of carbonyl (C=O) groups is 11. The van der Waals surface area contributed by atoms with E-state index in [0.717, 1.165) is 34.3 Å².